The Bertz CT molecular complexity index is 1350. The molecular weight excluding hydrogens is 536 g/mol. The third-order valence-electron chi connectivity index (χ3n) is 8.06. The number of aliphatic carboxylic acids is 2. The highest BCUT2D eigenvalue weighted by atomic mass is 32.2. The molecule has 2 N–H and O–H groups in total. The number of carbonyl (C=O) groups is 2. The summed E-state index contributed by atoms with van der Waals surface area (Å²) in [5, 5.41) is 20.0. The Kier molecular flexibility index (Phi) is 10.1. The largest absolute Gasteiger partial charge is 0.481 e. The van der Waals surface area contributed by atoms with E-state index in [9.17, 15) is 24.0 Å². The minimum atomic E-state index is -1.72. The van der Waals surface area contributed by atoms with Crippen molar-refractivity contribution in [3.63, 3.8) is 0 Å². The van der Waals surface area contributed by atoms with E-state index >= 15 is 0 Å². The number of hydrogen-bond donors (Lipinski definition) is 2. The van der Waals surface area contributed by atoms with Crippen LogP contribution in [-0.4, -0.2) is 67.3 Å². The van der Waals surface area contributed by atoms with Crippen LogP contribution in [0, 0.1) is 12.8 Å². The molecule has 3 aromatic rings. The monoisotopic (exact) mass is 576 g/mol. The SMILES string of the molecule is CC.Cc1ccc(-c2ccc(S(=O)N(CCN3CCCC(C(=O)O)C3)C3(C(=O)O)CC3c3ccccc3)cc2)cc1. The lowest BCUT2D eigenvalue weighted by molar-refractivity contribution is -0.143. The van der Waals surface area contributed by atoms with Gasteiger partial charge in [0.1, 0.15) is 16.5 Å². The molecule has 1 saturated carbocycles. The van der Waals surface area contributed by atoms with Crippen LogP contribution in [0.2, 0.25) is 0 Å². The normalized spacial score (nSPS) is 22.8. The summed E-state index contributed by atoms with van der Waals surface area (Å²) in [6, 6.07) is 25.2. The maximum absolute atomic E-state index is 14.1. The van der Waals surface area contributed by atoms with Crippen LogP contribution < -0.4 is 0 Å². The fourth-order valence-corrected chi connectivity index (χ4v) is 7.16. The Morgan fingerprint density at radius 3 is 2.15 bits per heavy atom. The van der Waals surface area contributed by atoms with E-state index in [0.717, 1.165) is 29.7 Å². The van der Waals surface area contributed by atoms with E-state index in [4.69, 9.17) is 0 Å². The number of benzene rings is 3. The highest BCUT2D eigenvalue weighted by molar-refractivity contribution is 7.82. The van der Waals surface area contributed by atoms with Gasteiger partial charge < -0.3 is 15.1 Å². The predicted molar refractivity (Wildman–Crippen MR) is 162 cm³/mol. The molecule has 0 amide bonds. The van der Waals surface area contributed by atoms with Crippen LogP contribution in [0.3, 0.4) is 0 Å². The van der Waals surface area contributed by atoms with E-state index in [1.807, 2.05) is 99.6 Å². The molecule has 1 saturated heterocycles. The Hall–Kier alpha value is -3.33. The molecule has 5 rings (SSSR count). The first-order valence-corrected chi connectivity index (χ1v) is 15.5. The minimum absolute atomic E-state index is 0.258. The van der Waals surface area contributed by atoms with Crippen molar-refractivity contribution >= 4 is 22.9 Å². The van der Waals surface area contributed by atoms with Crippen molar-refractivity contribution in [2.45, 2.75) is 56.4 Å². The number of hydrogen-bond acceptors (Lipinski definition) is 4. The van der Waals surface area contributed by atoms with Gasteiger partial charge in [0.25, 0.3) is 0 Å². The number of likely N-dealkylation sites (tertiary alicyclic amines) is 1. The number of nitrogens with zero attached hydrogens (tertiary/aromatic N) is 2. The Morgan fingerprint density at radius 1 is 0.951 bits per heavy atom. The molecule has 218 valence electrons. The number of piperidine rings is 1. The Balaban J connectivity index is 0.00000189. The van der Waals surface area contributed by atoms with E-state index in [1.54, 1.807) is 4.31 Å². The van der Waals surface area contributed by atoms with Gasteiger partial charge in [0.05, 0.1) is 10.8 Å². The van der Waals surface area contributed by atoms with E-state index in [-0.39, 0.29) is 12.5 Å². The molecule has 0 bridgehead atoms. The minimum Gasteiger partial charge on any atom is -0.481 e. The van der Waals surface area contributed by atoms with Crippen LogP contribution in [0.15, 0.2) is 83.8 Å². The molecule has 4 unspecified atom stereocenters. The fraction of sp³-hybridized carbons (Fsp3) is 0.394. The Labute approximate surface area is 245 Å². The van der Waals surface area contributed by atoms with Gasteiger partial charge in [-0.2, -0.15) is 0 Å². The maximum Gasteiger partial charge on any atom is 0.325 e. The molecule has 0 aromatic heterocycles. The van der Waals surface area contributed by atoms with Gasteiger partial charge in [-0.3, -0.25) is 9.59 Å². The summed E-state index contributed by atoms with van der Waals surface area (Å²) in [4.78, 5) is 27.0. The topological polar surface area (TPSA) is 98.2 Å². The van der Waals surface area contributed by atoms with Crippen molar-refractivity contribution in [2.24, 2.45) is 5.92 Å². The summed E-state index contributed by atoms with van der Waals surface area (Å²) in [5.74, 6) is -2.50. The molecule has 0 spiro atoms. The molecule has 2 fully saturated rings. The standard InChI is InChI=1S/C31H34N2O5S.C2H6/c1-22-9-11-23(12-10-22)24-13-15-27(16-14-24)39(38)33(19-18-32-17-5-8-26(21-32)29(34)35)31(30(36)37)20-28(31)25-6-3-2-4-7-25;1-2/h2-4,6-7,9-16,26,28H,5,8,17-21H2,1H3,(H,34,35)(H,36,37);1-2H3. The maximum atomic E-state index is 14.1. The number of rotatable bonds is 10. The quantitative estimate of drug-likeness (QED) is 0.316. The molecule has 3 aromatic carbocycles. The van der Waals surface area contributed by atoms with Crippen molar-refractivity contribution in [3.05, 3.63) is 90.0 Å². The number of aryl methyl sites for hydroxylation is 1. The first kappa shape index (κ1) is 30.6. The fourth-order valence-electron chi connectivity index (χ4n) is 5.71. The van der Waals surface area contributed by atoms with E-state index in [1.165, 1.54) is 5.56 Å². The summed E-state index contributed by atoms with van der Waals surface area (Å²) in [7, 11) is -1.72. The second-order valence-electron chi connectivity index (χ2n) is 10.6. The second kappa shape index (κ2) is 13.6. The van der Waals surface area contributed by atoms with Gasteiger partial charge in [-0.15, -0.1) is 0 Å². The first-order valence-electron chi connectivity index (χ1n) is 14.4. The predicted octanol–water partition coefficient (Wildman–Crippen LogP) is 5.82. The number of carboxylic acid groups (broad SMARTS) is 2. The van der Waals surface area contributed by atoms with Crippen LogP contribution in [0.5, 0.6) is 0 Å². The summed E-state index contributed by atoms with van der Waals surface area (Å²) < 4.78 is 15.7. The Morgan fingerprint density at radius 2 is 1.56 bits per heavy atom. The van der Waals surface area contributed by atoms with Gasteiger partial charge in [0, 0.05) is 25.6 Å². The summed E-state index contributed by atoms with van der Waals surface area (Å²) in [5.41, 5.74) is 2.86. The lowest BCUT2D eigenvalue weighted by atomic mass is 9.98. The summed E-state index contributed by atoms with van der Waals surface area (Å²) in [6.07, 6.45) is 1.79. The smallest absolute Gasteiger partial charge is 0.325 e. The lowest BCUT2D eigenvalue weighted by Crippen LogP contribution is -2.50. The third kappa shape index (κ3) is 6.77. The van der Waals surface area contributed by atoms with Crippen LogP contribution in [0.25, 0.3) is 11.1 Å². The molecule has 2 aliphatic rings. The van der Waals surface area contributed by atoms with E-state index in [0.29, 0.717) is 30.8 Å². The molecule has 7 nitrogen and oxygen atoms in total. The molecule has 0 radical (unpaired) electrons. The molecule has 1 aliphatic heterocycles. The van der Waals surface area contributed by atoms with Crippen LogP contribution in [0.4, 0.5) is 0 Å². The van der Waals surface area contributed by atoms with Gasteiger partial charge in [0.15, 0.2) is 0 Å². The highest BCUT2D eigenvalue weighted by Gasteiger charge is 2.66. The van der Waals surface area contributed by atoms with Gasteiger partial charge >= 0.3 is 11.9 Å². The average molecular weight is 577 g/mol. The zero-order chi connectivity index (χ0) is 29.6. The molecule has 8 heteroatoms. The van der Waals surface area contributed by atoms with Gasteiger partial charge in [-0.05, 0) is 61.6 Å². The molecule has 1 heterocycles. The van der Waals surface area contributed by atoms with E-state index < -0.39 is 34.4 Å². The molecule has 4 atom stereocenters. The third-order valence-corrected chi connectivity index (χ3v) is 9.65. The van der Waals surface area contributed by atoms with Crippen LogP contribution >= 0.6 is 0 Å². The average Bonchev–Trinajstić information content (AvgIpc) is 3.76. The second-order valence-corrected chi connectivity index (χ2v) is 12.0. The van der Waals surface area contributed by atoms with Gasteiger partial charge in [-0.1, -0.05) is 86.1 Å². The van der Waals surface area contributed by atoms with Crippen molar-refractivity contribution in [1.82, 2.24) is 9.21 Å². The number of carboxylic acids is 2. The zero-order valence-corrected chi connectivity index (χ0v) is 24.8. The highest BCUT2D eigenvalue weighted by Crippen LogP contribution is 2.56. The molecule has 41 heavy (non-hydrogen) atoms. The van der Waals surface area contributed by atoms with Crippen molar-refractivity contribution in [2.75, 3.05) is 26.2 Å². The van der Waals surface area contributed by atoms with Crippen LogP contribution in [0.1, 0.15) is 50.2 Å². The molecule has 1 aliphatic carbocycles. The van der Waals surface area contributed by atoms with E-state index in [2.05, 4.69) is 4.90 Å². The first-order chi connectivity index (χ1) is 19.8. The van der Waals surface area contributed by atoms with Crippen LogP contribution in [-0.2, 0) is 20.6 Å². The van der Waals surface area contributed by atoms with Crippen molar-refractivity contribution < 1.29 is 24.0 Å². The van der Waals surface area contributed by atoms with Gasteiger partial charge in [-0.25, -0.2) is 8.51 Å². The van der Waals surface area contributed by atoms with Crippen molar-refractivity contribution in [1.29, 1.82) is 0 Å². The summed E-state index contributed by atoms with van der Waals surface area (Å²) in [6.45, 7) is 7.91. The van der Waals surface area contributed by atoms with Crippen molar-refractivity contribution in [3.8, 4) is 11.1 Å². The summed E-state index contributed by atoms with van der Waals surface area (Å²) >= 11 is 0. The zero-order valence-electron chi connectivity index (χ0n) is 24.0. The molecular formula is C33H40N2O5S. The lowest BCUT2D eigenvalue weighted by Gasteiger charge is -2.34. The van der Waals surface area contributed by atoms with Gasteiger partial charge in [0.2, 0.25) is 0 Å².